The average Bonchev–Trinajstić information content (AvgIpc) is 2.48. The Morgan fingerprint density at radius 2 is 1.29 bits per heavy atom. The van der Waals surface area contributed by atoms with Crippen molar-refractivity contribution in [2.24, 2.45) is 0 Å². The second-order valence-corrected chi connectivity index (χ2v) is 5.04. The van der Waals surface area contributed by atoms with Crippen molar-refractivity contribution in [2.75, 3.05) is 6.61 Å². The molecule has 0 aliphatic carbocycles. The second-order valence-electron chi connectivity index (χ2n) is 5.04. The molecule has 3 heteroatoms. The molecule has 0 saturated carbocycles. The minimum absolute atomic E-state index is 0.0216. The second kappa shape index (κ2) is 6.84. The Hall–Kier alpha value is -2.42. The fourth-order valence-electron chi connectivity index (χ4n) is 1.89. The maximum Gasteiger partial charge on any atom is 0.338 e. The third-order valence-corrected chi connectivity index (χ3v) is 3.22. The molecular formula is C18H18O3. The Morgan fingerprint density at radius 1 is 0.810 bits per heavy atom. The largest absolute Gasteiger partial charge is 0.462 e. The molecule has 0 spiro atoms. The van der Waals surface area contributed by atoms with Gasteiger partial charge >= 0.3 is 5.97 Å². The minimum atomic E-state index is -0.397. The number of hydrogen-bond acceptors (Lipinski definition) is 3. The molecule has 0 N–H and O–H groups in total. The van der Waals surface area contributed by atoms with Gasteiger partial charge in [-0.15, -0.1) is 0 Å². The summed E-state index contributed by atoms with van der Waals surface area (Å²) < 4.78 is 5.12. The zero-order valence-corrected chi connectivity index (χ0v) is 12.3. The van der Waals surface area contributed by atoms with Gasteiger partial charge in [-0.3, -0.25) is 4.79 Å². The van der Waals surface area contributed by atoms with Gasteiger partial charge in [0.1, 0.15) is 0 Å². The molecule has 0 bridgehead atoms. The van der Waals surface area contributed by atoms with Crippen molar-refractivity contribution in [3.8, 4) is 0 Å². The molecule has 108 valence electrons. The van der Waals surface area contributed by atoms with Gasteiger partial charge in [0, 0.05) is 12.0 Å². The molecule has 0 amide bonds. The Kier molecular flexibility index (Phi) is 4.88. The molecule has 21 heavy (non-hydrogen) atoms. The number of Topliss-reactive ketones (excluding diaryl/α,β-unsaturated/α-hetero) is 1. The van der Waals surface area contributed by atoms with Gasteiger partial charge in [0.15, 0.2) is 5.78 Å². The lowest BCUT2D eigenvalue weighted by molar-refractivity contribution is 0.0496. The van der Waals surface area contributed by atoms with Crippen LogP contribution in [0.2, 0.25) is 0 Å². The van der Waals surface area contributed by atoms with Crippen LogP contribution in [0.5, 0.6) is 0 Å². The van der Waals surface area contributed by atoms with Crippen LogP contribution >= 0.6 is 0 Å². The minimum Gasteiger partial charge on any atom is -0.462 e. The fraction of sp³-hybridized carbons (Fsp3) is 0.222. The van der Waals surface area contributed by atoms with Crippen molar-refractivity contribution in [2.45, 2.75) is 20.3 Å². The molecule has 0 aromatic heterocycles. The zero-order valence-electron chi connectivity index (χ0n) is 12.3. The smallest absolute Gasteiger partial charge is 0.338 e. The molecular weight excluding hydrogens is 264 g/mol. The molecule has 0 aliphatic rings. The lowest BCUT2D eigenvalue weighted by Gasteiger charge is -2.05. The van der Waals surface area contributed by atoms with Crippen molar-refractivity contribution in [3.05, 3.63) is 70.8 Å². The Morgan fingerprint density at radius 3 is 1.81 bits per heavy atom. The van der Waals surface area contributed by atoms with E-state index in [0.717, 1.165) is 11.1 Å². The van der Waals surface area contributed by atoms with Crippen molar-refractivity contribution < 1.29 is 14.3 Å². The zero-order chi connectivity index (χ0) is 15.2. The predicted octanol–water partition coefficient (Wildman–Crippen LogP) is 3.73. The number of ketones is 1. The fourth-order valence-corrected chi connectivity index (χ4v) is 1.89. The highest BCUT2D eigenvalue weighted by Crippen LogP contribution is 2.08. The summed E-state index contributed by atoms with van der Waals surface area (Å²) >= 11 is 0. The first-order valence-electron chi connectivity index (χ1n) is 6.90. The predicted molar refractivity (Wildman–Crippen MR) is 81.6 cm³/mol. The van der Waals surface area contributed by atoms with Crippen molar-refractivity contribution in [1.29, 1.82) is 0 Å². The van der Waals surface area contributed by atoms with Crippen LogP contribution in [-0.4, -0.2) is 18.4 Å². The molecule has 0 heterocycles. The van der Waals surface area contributed by atoms with Crippen LogP contribution in [0.25, 0.3) is 0 Å². The summed E-state index contributed by atoms with van der Waals surface area (Å²) in [6, 6.07) is 14.5. The van der Waals surface area contributed by atoms with Crippen molar-refractivity contribution in [3.63, 3.8) is 0 Å². The number of hydrogen-bond donors (Lipinski definition) is 0. The average molecular weight is 282 g/mol. The van der Waals surface area contributed by atoms with Gasteiger partial charge in [-0.1, -0.05) is 47.5 Å². The van der Waals surface area contributed by atoms with Crippen LogP contribution < -0.4 is 0 Å². The van der Waals surface area contributed by atoms with Gasteiger partial charge in [-0.25, -0.2) is 4.79 Å². The van der Waals surface area contributed by atoms with E-state index in [2.05, 4.69) is 0 Å². The van der Waals surface area contributed by atoms with Gasteiger partial charge in [0.05, 0.1) is 12.2 Å². The molecule has 0 saturated heterocycles. The molecule has 0 atom stereocenters. The van der Waals surface area contributed by atoms with Crippen LogP contribution in [0.15, 0.2) is 48.5 Å². The summed E-state index contributed by atoms with van der Waals surface area (Å²) in [5.74, 6) is -0.418. The van der Waals surface area contributed by atoms with Crippen molar-refractivity contribution in [1.82, 2.24) is 0 Å². The third kappa shape index (κ3) is 4.28. The number of carbonyl (C=O) groups is 2. The monoisotopic (exact) mass is 282 g/mol. The Bertz CT molecular complexity index is 567. The maximum absolute atomic E-state index is 11.9. The van der Waals surface area contributed by atoms with E-state index in [4.69, 9.17) is 4.74 Å². The highest BCUT2D eigenvalue weighted by Gasteiger charge is 2.09. The summed E-state index contributed by atoms with van der Waals surface area (Å²) in [5.41, 5.74) is 3.34. The van der Waals surface area contributed by atoms with E-state index in [0.29, 0.717) is 11.1 Å². The topological polar surface area (TPSA) is 43.4 Å². The SMILES string of the molecule is Cc1ccc(C(=O)CCOC(=O)c2ccc(C)cc2)cc1. The van der Waals surface area contributed by atoms with E-state index in [1.54, 1.807) is 24.3 Å². The number of rotatable bonds is 5. The molecule has 0 radical (unpaired) electrons. The van der Waals surface area contributed by atoms with Crippen molar-refractivity contribution >= 4 is 11.8 Å². The molecule has 2 aromatic rings. The highest BCUT2D eigenvalue weighted by molar-refractivity contribution is 5.96. The van der Waals surface area contributed by atoms with Crippen LogP contribution in [0, 0.1) is 13.8 Å². The number of benzene rings is 2. The van der Waals surface area contributed by atoms with E-state index >= 15 is 0 Å². The van der Waals surface area contributed by atoms with Gasteiger partial charge in [-0.05, 0) is 26.0 Å². The summed E-state index contributed by atoms with van der Waals surface area (Å²) in [4.78, 5) is 23.7. The van der Waals surface area contributed by atoms with Crippen LogP contribution in [0.1, 0.15) is 38.3 Å². The lowest BCUT2D eigenvalue weighted by Crippen LogP contribution is -2.10. The maximum atomic E-state index is 11.9. The molecule has 2 aromatic carbocycles. The number of ether oxygens (including phenoxy) is 1. The molecule has 0 unspecified atom stereocenters. The quantitative estimate of drug-likeness (QED) is 0.620. The van der Waals surface area contributed by atoms with Gasteiger partial charge in [0.2, 0.25) is 0 Å². The Labute approximate surface area is 124 Å². The van der Waals surface area contributed by atoms with Crippen LogP contribution in [-0.2, 0) is 4.74 Å². The number of aryl methyl sites for hydroxylation is 2. The van der Waals surface area contributed by atoms with E-state index in [9.17, 15) is 9.59 Å². The van der Waals surface area contributed by atoms with Gasteiger partial charge in [0.25, 0.3) is 0 Å². The van der Waals surface area contributed by atoms with E-state index in [-0.39, 0.29) is 18.8 Å². The highest BCUT2D eigenvalue weighted by atomic mass is 16.5. The first kappa shape index (κ1) is 15.0. The summed E-state index contributed by atoms with van der Waals surface area (Å²) in [7, 11) is 0. The van der Waals surface area contributed by atoms with Crippen LogP contribution in [0.4, 0.5) is 0 Å². The standard InChI is InChI=1S/C18H18O3/c1-13-3-7-15(8-4-13)17(19)11-12-21-18(20)16-9-5-14(2)6-10-16/h3-10H,11-12H2,1-2H3. The molecule has 3 nitrogen and oxygen atoms in total. The molecule has 0 fully saturated rings. The van der Waals surface area contributed by atoms with Crippen LogP contribution in [0.3, 0.4) is 0 Å². The number of carbonyl (C=O) groups excluding carboxylic acids is 2. The first-order chi connectivity index (χ1) is 10.1. The summed E-state index contributed by atoms with van der Waals surface area (Å²) in [5, 5.41) is 0. The summed E-state index contributed by atoms with van der Waals surface area (Å²) in [6.07, 6.45) is 0.195. The van der Waals surface area contributed by atoms with E-state index in [1.807, 2.05) is 38.1 Å². The lowest BCUT2D eigenvalue weighted by atomic mass is 10.1. The van der Waals surface area contributed by atoms with Gasteiger partial charge < -0.3 is 4.74 Å². The number of esters is 1. The molecule has 0 aliphatic heterocycles. The first-order valence-corrected chi connectivity index (χ1v) is 6.90. The van der Waals surface area contributed by atoms with E-state index in [1.165, 1.54) is 0 Å². The summed E-state index contributed by atoms with van der Waals surface area (Å²) in [6.45, 7) is 4.02. The van der Waals surface area contributed by atoms with E-state index < -0.39 is 5.97 Å². The Balaban J connectivity index is 1.83. The van der Waals surface area contributed by atoms with Gasteiger partial charge in [-0.2, -0.15) is 0 Å². The third-order valence-electron chi connectivity index (χ3n) is 3.22. The normalized spacial score (nSPS) is 10.2. The molecule has 2 rings (SSSR count).